The predicted molar refractivity (Wildman–Crippen MR) is 80.0 cm³/mol. The third-order valence-corrected chi connectivity index (χ3v) is 3.85. The third kappa shape index (κ3) is 2.92. The summed E-state index contributed by atoms with van der Waals surface area (Å²) >= 11 is 0. The van der Waals surface area contributed by atoms with Gasteiger partial charge in [0.15, 0.2) is 0 Å². The van der Waals surface area contributed by atoms with Crippen molar-refractivity contribution >= 4 is 11.5 Å². The fourth-order valence-corrected chi connectivity index (χ4v) is 2.27. The second kappa shape index (κ2) is 6.21. The number of aryl methyl sites for hydroxylation is 1. The molecule has 0 fully saturated rings. The molecule has 0 aromatic carbocycles. The van der Waals surface area contributed by atoms with E-state index in [1.54, 1.807) is 11.6 Å². The van der Waals surface area contributed by atoms with Gasteiger partial charge in [-0.25, -0.2) is 4.68 Å². The number of nitrogens with one attached hydrogen (secondary N) is 1. The Morgan fingerprint density at radius 3 is 2.35 bits per heavy atom. The zero-order valence-corrected chi connectivity index (χ0v) is 12.9. The molecule has 1 aromatic rings. The van der Waals surface area contributed by atoms with Gasteiger partial charge in [-0.15, -0.1) is 0 Å². The van der Waals surface area contributed by atoms with Crippen LogP contribution in [-0.2, 0) is 0 Å². The summed E-state index contributed by atoms with van der Waals surface area (Å²) in [5.41, 5.74) is 5.99. The first-order chi connectivity index (χ1) is 9.31. The molecule has 1 heterocycles. The number of nitrogens with zero attached hydrogens (tertiary/aromatic N) is 3. The van der Waals surface area contributed by atoms with Crippen molar-refractivity contribution < 1.29 is 4.92 Å². The summed E-state index contributed by atoms with van der Waals surface area (Å²) in [6.07, 6.45) is 1.58. The van der Waals surface area contributed by atoms with Gasteiger partial charge in [0.1, 0.15) is 5.69 Å². The molecule has 7 heteroatoms. The lowest BCUT2D eigenvalue weighted by Gasteiger charge is -2.32. The molecule has 0 aliphatic rings. The Morgan fingerprint density at radius 2 is 2.00 bits per heavy atom. The summed E-state index contributed by atoms with van der Waals surface area (Å²) < 4.78 is 1.67. The third-order valence-electron chi connectivity index (χ3n) is 3.85. The van der Waals surface area contributed by atoms with Crippen LogP contribution in [0.2, 0.25) is 0 Å². The molecule has 3 N–H and O–H groups in total. The van der Waals surface area contributed by atoms with Gasteiger partial charge < -0.3 is 11.1 Å². The highest BCUT2D eigenvalue weighted by atomic mass is 16.6. The lowest BCUT2D eigenvalue weighted by molar-refractivity contribution is -0.384. The van der Waals surface area contributed by atoms with Crippen molar-refractivity contribution in [3.63, 3.8) is 0 Å². The molecule has 0 radical (unpaired) electrons. The predicted octanol–water partition coefficient (Wildman–Crippen LogP) is 2.61. The molecule has 0 atom stereocenters. The molecule has 0 unspecified atom stereocenters. The van der Waals surface area contributed by atoms with E-state index in [0.29, 0.717) is 18.1 Å². The first-order valence-corrected chi connectivity index (χ1v) is 7.03. The van der Waals surface area contributed by atoms with Gasteiger partial charge >= 0.3 is 5.69 Å². The Labute approximate surface area is 119 Å². The smallest absolute Gasteiger partial charge is 0.333 e. The van der Waals surface area contributed by atoms with Gasteiger partial charge in [0, 0.05) is 12.6 Å². The van der Waals surface area contributed by atoms with E-state index in [0.717, 1.165) is 12.8 Å². The van der Waals surface area contributed by atoms with Crippen LogP contribution in [0.15, 0.2) is 0 Å². The lowest BCUT2D eigenvalue weighted by atomic mass is 9.93. The van der Waals surface area contributed by atoms with Crippen molar-refractivity contribution in [3.8, 4) is 0 Å². The van der Waals surface area contributed by atoms with E-state index in [-0.39, 0.29) is 22.2 Å². The summed E-state index contributed by atoms with van der Waals surface area (Å²) in [5, 5.41) is 18.9. The Hall–Kier alpha value is -1.63. The molecule has 0 aliphatic carbocycles. The van der Waals surface area contributed by atoms with Gasteiger partial charge in [-0.1, -0.05) is 13.8 Å². The molecule has 7 nitrogen and oxygen atoms in total. The average molecular weight is 283 g/mol. The molecule has 0 spiro atoms. The van der Waals surface area contributed by atoms with Gasteiger partial charge in [0.25, 0.3) is 0 Å². The van der Waals surface area contributed by atoms with E-state index < -0.39 is 0 Å². The molecule has 114 valence electrons. The number of nitrogens with two attached hydrogens (primary N) is 1. The number of hydrogen-bond donors (Lipinski definition) is 2. The summed E-state index contributed by atoms with van der Waals surface area (Å²) in [6, 6.07) is 0.0362. The van der Waals surface area contributed by atoms with Gasteiger partial charge in [-0.05, 0) is 33.6 Å². The number of anilines is 1. The standard InChI is InChI=1S/C13H25N5O2/c1-6-13(7-2,8-14)15-12-11(18(19)20)10(5)16-17(12)9(3)4/h9,15H,6-8,14H2,1-5H3. The summed E-state index contributed by atoms with van der Waals surface area (Å²) in [4.78, 5) is 10.9. The van der Waals surface area contributed by atoms with Crippen LogP contribution in [0, 0.1) is 17.0 Å². The van der Waals surface area contributed by atoms with Crippen molar-refractivity contribution in [2.75, 3.05) is 11.9 Å². The van der Waals surface area contributed by atoms with Crippen LogP contribution in [0.25, 0.3) is 0 Å². The first-order valence-electron chi connectivity index (χ1n) is 7.03. The van der Waals surface area contributed by atoms with Crippen LogP contribution < -0.4 is 11.1 Å². The second-order valence-electron chi connectivity index (χ2n) is 5.39. The van der Waals surface area contributed by atoms with Crippen LogP contribution in [-0.4, -0.2) is 26.8 Å². The minimum atomic E-state index is -0.379. The highest BCUT2D eigenvalue weighted by Gasteiger charge is 2.33. The molecule has 0 saturated carbocycles. The summed E-state index contributed by atoms with van der Waals surface area (Å²) in [6.45, 7) is 10.0. The van der Waals surface area contributed by atoms with Crippen LogP contribution >= 0.6 is 0 Å². The second-order valence-corrected chi connectivity index (χ2v) is 5.39. The van der Waals surface area contributed by atoms with Crippen LogP contribution in [0.1, 0.15) is 52.3 Å². The highest BCUT2D eigenvalue weighted by Crippen LogP contribution is 2.34. The van der Waals surface area contributed by atoms with Gasteiger partial charge in [-0.2, -0.15) is 5.10 Å². The average Bonchev–Trinajstić information content (AvgIpc) is 2.73. The van der Waals surface area contributed by atoms with Crippen LogP contribution in [0.3, 0.4) is 0 Å². The molecule has 0 saturated heterocycles. The fourth-order valence-electron chi connectivity index (χ4n) is 2.27. The zero-order valence-electron chi connectivity index (χ0n) is 12.9. The minimum Gasteiger partial charge on any atom is -0.358 e. The fraction of sp³-hybridized carbons (Fsp3) is 0.769. The molecule has 0 amide bonds. The van der Waals surface area contributed by atoms with Crippen molar-refractivity contribution in [2.45, 2.75) is 59.0 Å². The van der Waals surface area contributed by atoms with E-state index >= 15 is 0 Å². The van der Waals surface area contributed by atoms with Crippen molar-refractivity contribution in [3.05, 3.63) is 15.8 Å². The van der Waals surface area contributed by atoms with Gasteiger partial charge in [0.2, 0.25) is 5.82 Å². The van der Waals surface area contributed by atoms with Gasteiger partial charge in [-0.3, -0.25) is 10.1 Å². The molecular weight excluding hydrogens is 258 g/mol. The van der Waals surface area contributed by atoms with E-state index in [4.69, 9.17) is 5.73 Å². The number of nitro groups is 1. The summed E-state index contributed by atoms with van der Waals surface area (Å²) in [7, 11) is 0. The molecular formula is C13H25N5O2. The highest BCUT2D eigenvalue weighted by molar-refractivity contribution is 5.61. The van der Waals surface area contributed by atoms with Crippen LogP contribution in [0.4, 0.5) is 11.5 Å². The number of hydrogen-bond acceptors (Lipinski definition) is 5. The molecule has 20 heavy (non-hydrogen) atoms. The Bertz CT molecular complexity index is 469. The normalized spacial score (nSPS) is 11.9. The van der Waals surface area contributed by atoms with E-state index in [2.05, 4.69) is 10.4 Å². The largest absolute Gasteiger partial charge is 0.358 e. The Morgan fingerprint density at radius 1 is 1.45 bits per heavy atom. The lowest BCUT2D eigenvalue weighted by Crippen LogP contribution is -2.45. The number of aromatic nitrogens is 2. The number of rotatable bonds is 7. The molecule has 1 rings (SSSR count). The van der Waals surface area contributed by atoms with E-state index in [9.17, 15) is 10.1 Å². The topological polar surface area (TPSA) is 99.0 Å². The molecule has 0 bridgehead atoms. The van der Waals surface area contributed by atoms with Gasteiger partial charge in [0.05, 0.1) is 10.5 Å². The van der Waals surface area contributed by atoms with E-state index in [1.165, 1.54) is 0 Å². The SMILES string of the molecule is CCC(CC)(CN)Nc1c([N+](=O)[O-])c(C)nn1C(C)C. The Balaban J connectivity index is 3.37. The van der Waals surface area contributed by atoms with Crippen molar-refractivity contribution in [2.24, 2.45) is 5.73 Å². The maximum Gasteiger partial charge on any atom is 0.333 e. The van der Waals surface area contributed by atoms with E-state index in [1.807, 2.05) is 27.7 Å². The first kappa shape index (κ1) is 16.4. The quantitative estimate of drug-likeness (QED) is 0.592. The molecule has 1 aromatic heterocycles. The Kier molecular flexibility index (Phi) is 5.10. The maximum atomic E-state index is 11.3. The van der Waals surface area contributed by atoms with Crippen molar-refractivity contribution in [1.29, 1.82) is 0 Å². The van der Waals surface area contributed by atoms with Crippen molar-refractivity contribution in [1.82, 2.24) is 9.78 Å². The monoisotopic (exact) mass is 283 g/mol. The molecule has 0 aliphatic heterocycles. The summed E-state index contributed by atoms with van der Waals surface area (Å²) in [5.74, 6) is 0.455. The zero-order chi connectivity index (χ0) is 15.5. The maximum absolute atomic E-state index is 11.3. The van der Waals surface area contributed by atoms with Crippen LogP contribution in [0.5, 0.6) is 0 Å². The minimum absolute atomic E-state index is 0.0362.